The van der Waals surface area contributed by atoms with Gasteiger partial charge in [-0.05, 0) is 24.3 Å². The fourth-order valence-electron chi connectivity index (χ4n) is 1.24. The molecule has 2 aromatic carbocycles. The molecule has 2 aromatic rings. The molecule has 9 heteroatoms. The second-order valence-corrected chi connectivity index (χ2v) is 6.97. The molecule has 0 saturated heterocycles. The Morgan fingerprint density at radius 3 is 0.952 bits per heavy atom. The van der Waals surface area contributed by atoms with Crippen LogP contribution in [0.2, 0.25) is 0 Å². The van der Waals surface area contributed by atoms with E-state index in [9.17, 15) is 9.13 Å². The van der Waals surface area contributed by atoms with Crippen molar-refractivity contribution in [3.05, 3.63) is 60.7 Å². The summed E-state index contributed by atoms with van der Waals surface area (Å²) < 4.78 is 21.1. The van der Waals surface area contributed by atoms with Crippen LogP contribution in [0.25, 0.3) is 0 Å². The van der Waals surface area contributed by atoms with Crippen LogP contribution in [-0.4, -0.2) is 19.6 Å². The summed E-state index contributed by atoms with van der Waals surface area (Å²) in [6.45, 7) is 0. The van der Waals surface area contributed by atoms with Crippen molar-refractivity contribution in [1.29, 1.82) is 0 Å². The second kappa shape index (κ2) is 8.63. The smallest absolute Gasteiger partial charge is 0.321 e. The van der Waals surface area contributed by atoms with E-state index in [1.807, 2.05) is 0 Å². The van der Waals surface area contributed by atoms with Gasteiger partial charge in [0.25, 0.3) is 0 Å². The second-order valence-electron chi connectivity index (χ2n) is 3.76. The van der Waals surface area contributed by atoms with Crippen LogP contribution >= 0.6 is 15.2 Å². The molecule has 21 heavy (non-hydrogen) atoms. The van der Waals surface area contributed by atoms with E-state index in [1.165, 1.54) is 24.3 Å². The van der Waals surface area contributed by atoms with Gasteiger partial charge in [0.1, 0.15) is 0 Å². The molecule has 0 aliphatic heterocycles. The van der Waals surface area contributed by atoms with E-state index in [1.54, 1.807) is 36.4 Å². The van der Waals surface area contributed by atoms with Crippen molar-refractivity contribution < 1.29 is 45.5 Å². The molecule has 0 amide bonds. The Bertz CT molecular complexity index is 565. The third-order valence-electron chi connectivity index (χ3n) is 2.19. The molecule has 0 spiro atoms. The summed E-state index contributed by atoms with van der Waals surface area (Å²) in [6.07, 6.45) is 0. The quantitative estimate of drug-likeness (QED) is 0.582. The number of rotatable bonds is 2. The minimum absolute atomic E-state index is 0. The predicted molar refractivity (Wildman–Crippen MR) is 76.2 cm³/mol. The molecule has 0 bridgehead atoms. The third-order valence-corrected chi connectivity index (χ3v) is 4.13. The first-order valence-corrected chi connectivity index (χ1v) is 8.66. The molecule has 0 atom stereocenters. The van der Waals surface area contributed by atoms with Crippen LogP contribution < -0.4 is 10.6 Å². The Morgan fingerprint density at radius 2 is 0.810 bits per heavy atom. The van der Waals surface area contributed by atoms with Crippen molar-refractivity contribution in [2.24, 2.45) is 0 Å². The Kier molecular flexibility index (Phi) is 8.32. The van der Waals surface area contributed by atoms with E-state index in [2.05, 4.69) is 0 Å². The summed E-state index contributed by atoms with van der Waals surface area (Å²) >= 11 is 0. The Balaban J connectivity index is 0.000000364. The molecule has 0 aromatic heterocycles. The minimum Gasteiger partial charge on any atom is -0.321 e. The molecule has 117 valence electrons. The molecule has 0 unspecified atom stereocenters. The van der Waals surface area contributed by atoms with Crippen molar-refractivity contribution in [2.75, 3.05) is 0 Å². The van der Waals surface area contributed by atoms with Crippen molar-refractivity contribution in [1.82, 2.24) is 0 Å². The maximum absolute atomic E-state index is 10.5. The van der Waals surface area contributed by atoms with Crippen molar-refractivity contribution in [3.63, 3.8) is 0 Å². The molecule has 0 aliphatic rings. The Morgan fingerprint density at radius 1 is 0.571 bits per heavy atom. The zero-order valence-corrected chi connectivity index (χ0v) is 13.4. The van der Waals surface area contributed by atoms with Crippen LogP contribution in [0.4, 0.5) is 0 Å². The monoisotopic (exact) mass is 375 g/mol. The van der Waals surface area contributed by atoms with Gasteiger partial charge in [0.05, 0.1) is 10.6 Å². The zero-order valence-electron chi connectivity index (χ0n) is 10.6. The summed E-state index contributed by atoms with van der Waals surface area (Å²) in [5.41, 5.74) is 0. The fourth-order valence-corrected chi connectivity index (χ4v) is 2.37. The van der Waals surface area contributed by atoms with Crippen LogP contribution in [0.15, 0.2) is 60.7 Å². The molecular formula is C12H14CoO6P2. The van der Waals surface area contributed by atoms with Gasteiger partial charge >= 0.3 is 15.2 Å². The van der Waals surface area contributed by atoms with Gasteiger partial charge in [-0.1, -0.05) is 36.4 Å². The van der Waals surface area contributed by atoms with Gasteiger partial charge in [-0.25, -0.2) is 0 Å². The molecule has 0 saturated carbocycles. The third kappa shape index (κ3) is 7.71. The predicted octanol–water partition coefficient (Wildman–Crippen LogP) is 0.977. The molecular weight excluding hydrogens is 361 g/mol. The van der Waals surface area contributed by atoms with Crippen LogP contribution in [0.5, 0.6) is 0 Å². The van der Waals surface area contributed by atoms with Crippen molar-refractivity contribution >= 4 is 25.8 Å². The van der Waals surface area contributed by atoms with Gasteiger partial charge in [-0.2, -0.15) is 0 Å². The standard InChI is InChI=1S/2C6H7O3P.Co/c2*7-10(8,9)6-4-2-1-3-5-6;/h2*1-5H,(H2,7,8,9);. The van der Waals surface area contributed by atoms with Gasteiger partial charge in [-0.3, -0.25) is 9.13 Å². The van der Waals surface area contributed by atoms with Gasteiger partial charge in [0.15, 0.2) is 0 Å². The van der Waals surface area contributed by atoms with Crippen LogP contribution in [0, 0.1) is 0 Å². The largest absolute Gasteiger partial charge is 0.356 e. The van der Waals surface area contributed by atoms with Crippen LogP contribution in [-0.2, 0) is 25.9 Å². The maximum Gasteiger partial charge on any atom is 0.356 e. The van der Waals surface area contributed by atoms with Gasteiger partial charge < -0.3 is 19.6 Å². The minimum atomic E-state index is -4.02. The van der Waals surface area contributed by atoms with Gasteiger partial charge in [-0.15, -0.1) is 0 Å². The van der Waals surface area contributed by atoms with Crippen LogP contribution in [0.3, 0.4) is 0 Å². The molecule has 0 heterocycles. The van der Waals surface area contributed by atoms with Gasteiger partial charge in [0.2, 0.25) is 0 Å². The fraction of sp³-hybridized carbons (Fsp3) is 0. The Labute approximate surface area is 132 Å². The van der Waals surface area contributed by atoms with E-state index < -0.39 is 15.2 Å². The molecule has 1 radical (unpaired) electrons. The van der Waals surface area contributed by atoms with E-state index in [0.717, 1.165) is 0 Å². The van der Waals surface area contributed by atoms with Crippen LogP contribution in [0.1, 0.15) is 0 Å². The number of benzene rings is 2. The maximum atomic E-state index is 10.5. The Hall–Kier alpha value is -0.754. The normalized spacial score (nSPS) is 10.9. The topological polar surface area (TPSA) is 115 Å². The molecule has 2 rings (SSSR count). The van der Waals surface area contributed by atoms with E-state index >= 15 is 0 Å². The molecule has 6 nitrogen and oxygen atoms in total. The first kappa shape index (κ1) is 20.2. The van der Waals surface area contributed by atoms with E-state index in [4.69, 9.17) is 19.6 Å². The first-order valence-electron chi connectivity index (χ1n) is 5.43. The SMILES string of the molecule is O=P(O)(O)c1ccccc1.O=P(O)(O)c1ccccc1.[Co]. The summed E-state index contributed by atoms with van der Waals surface area (Å²) in [4.78, 5) is 34.4. The van der Waals surface area contributed by atoms with Crippen molar-refractivity contribution in [2.45, 2.75) is 0 Å². The van der Waals surface area contributed by atoms with E-state index in [-0.39, 0.29) is 27.4 Å². The summed E-state index contributed by atoms with van der Waals surface area (Å²) in [5, 5.41) is 0.130. The summed E-state index contributed by atoms with van der Waals surface area (Å²) in [6, 6.07) is 15.4. The molecule has 0 aliphatic carbocycles. The number of hydrogen-bond acceptors (Lipinski definition) is 2. The summed E-state index contributed by atoms with van der Waals surface area (Å²) in [7, 11) is -8.04. The van der Waals surface area contributed by atoms with E-state index in [0.29, 0.717) is 0 Å². The number of hydrogen-bond donors (Lipinski definition) is 4. The average molecular weight is 375 g/mol. The summed E-state index contributed by atoms with van der Waals surface area (Å²) in [5.74, 6) is 0. The van der Waals surface area contributed by atoms with Crippen molar-refractivity contribution in [3.8, 4) is 0 Å². The average Bonchev–Trinajstić information content (AvgIpc) is 2.40. The molecule has 0 fully saturated rings. The molecule has 4 N–H and O–H groups in total. The van der Waals surface area contributed by atoms with Gasteiger partial charge in [0, 0.05) is 16.8 Å². The zero-order chi connectivity index (χ0) is 15.2. The first-order chi connectivity index (χ1) is 9.21.